The fraction of sp³-hybridized carbons (Fsp3) is 0.533. The number of carbonyl (C=O) groups is 1. The molecule has 1 amide bonds. The molecule has 0 aromatic heterocycles. The normalized spacial score (nSPS) is 23.6. The molecule has 1 aliphatic heterocycles. The van der Waals surface area contributed by atoms with Gasteiger partial charge in [-0.1, -0.05) is 12.1 Å². The number of hydrogen-bond acceptors (Lipinski definition) is 3. The van der Waals surface area contributed by atoms with Gasteiger partial charge in [-0.25, -0.2) is 5.48 Å². The number of nitrogens with one attached hydrogen (secondary N) is 1. The lowest BCUT2D eigenvalue weighted by molar-refractivity contribution is -0.131. The minimum Gasteiger partial charge on any atom is -0.493 e. The van der Waals surface area contributed by atoms with Gasteiger partial charge in [-0.2, -0.15) is 0 Å². The SMILES string of the molecule is CC(=O)NOCCC1CC1c1cccc2c1CCO2. The molecule has 102 valence electrons. The zero-order valence-corrected chi connectivity index (χ0v) is 11.1. The van der Waals surface area contributed by atoms with E-state index in [0.717, 1.165) is 25.2 Å². The smallest absolute Gasteiger partial charge is 0.240 e. The van der Waals surface area contributed by atoms with E-state index in [1.807, 2.05) is 0 Å². The predicted molar refractivity (Wildman–Crippen MR) is 70.9 cm³/mol. The molecule has 0 spiro atoms. The van der Waals surface area contributed by atoms with Crippen LogP contribution >= 0.6 is 0 Å². The van der Waals surface area contributed by atoms with Crippen LogP contribution in [0.25, 0.3) is 0 Å². The van der Waals surface area contributed by atoms with Crippen LogP contribution in [0.4, 0.5) is 0 Å². The van der Waals surface area contributed by atoms with Crippen molar-refractivity contribution in [1.82, 2.24) is 5.48 Å². The predicted octanol–water partition coefficient (Wildman–Crippen LogP) is 2.18. The highest BCUT2D eigenvalue weighted by molar-refractivity contribution is 5.71. The van der Waals surface area contributed by atoms with Crippen LogP contribution in [0.3, 0.4) is 0 Å². The summed E-state index contributed by atoms with van der Waals surface area (Å²) in [5, 5.41) is 0. The van der Waals surface area contributed by atoms with Crippen molar-refractivity contribution in [2.75, 3.05) is 13.2 Å². The second-order valence-electron chi connectivity index (χ2n) is 5.32. The van der Waals surface area contributed by atoms with E-state index in [4.69, 9.17) is 9.57 Å². The topological polar surface area (TPSA) is 47.6 Å². The Balaban J connectivity index is 1.53. The highest BCUT2D eigenvalue weighted by Gasteiger charge is 2.39. The summed E-state index contributed by atoms with van der Waals surface area (Å²) in [4.78, 5) is 15.8. The molecule has 2 aliphatic rings. The molecule has 1 aliphatic carbocycles. The molecular weight excluding hydrogens is 242 g/mol. The first-order chi connectivity index (χ1) is 9.25. The van der Waals surface area contributed by atoms with E-state index in [1.54, 1.807) is 0 Å². The number of fused-ring (bicyclic) bond motifs is 1. The number of amides is 1. The van der Waals surface area contributed by atoms with Crippen LogP contribution < -0.4 is 10.2 Å². The summed E-state index contributed by atoms with van der Waals surface area (Å²) in [5.74, 6) is 2.25. The third-order valence-electron chi connectivity index (χ3n) is 3.91. The van der Waals surface area contributed by atoms with Crippen LogP contribution in [0.2, 0.25) is 0 Å². The van der Waals surface area contributed by atoms with Crippen molar-refractivity contribution in [3.05, 3.63) is 29.3 Å². The van der Waals surface area contributed by atoms with Gasteiger partial charge in [0, 0.05) is 18.9 Å². The van der Waals surface area contributed by atoms with Crippen molar-refractivity contribution in [1.29, 1.82) is 0 Å². The molecule has 19 heavy (non-hydrogen) atoms. The molecule has 1 aromatic carbocycles. The fourth-order valence-electron chi connectivity index (χ4n) is 2.91. The number of ether oxygens (including phenoxy) is 1. The van der Waals surface area contributed by atoms with Crippen LogP contribution in [0.15, 0.2) is 18.2 Å². The third kappa shape index (κ3) is 2.73. The highest BCUT2D eigenvalue weighted by Crippen LogP contribution is 2.52. The van der Waals surface area contributed by atoms with E-state index >= 15 is 0 Å². The van der Waals surface area contributed by atoms with Gasteiger partial charge in [0.1, 0.15) is 5.75 Å². The van der Waals surface area contributed by atoms with Gasteiger partial charge in [-0.3, -0.25) is 9.63 Å². The first-order valence-electron chi connectivity index (χ1n) is 6.88. The van der Waals surface area contributed by atoms with Crippen LogP contribution in [0.5, 0.6) is 5.75 Å². The van der Waals surface area contributed by atoms with Crippen LogP contribution in [0, 0.1) is 5.92 Å². The average molecular weight is 261 g/mol. The number of carbonyl (C=O) groups excluding carboxylic acids is 1. The van der Waals surface area contributed by atoms with Crippen LogP contribution in [-0.4, -0.2) is 19.1 Å². The molecule has 1 heterocycles. The van der Waals surface area contributed by atoms with Gasteiger partial charge in [0.2, 0.25) is 5.91 Å². The Morgan fingerprint density at radius 2 is 2.42 bits per heavy atom. The van der Waals surface area contributed by atoms with Crippen LogP contribution in [0.1, 0.15) is 36.8 Å². The molecule has 3 rings (SSSR count). The first-order valence-corrected chi connectivity index (χ1v) is 6.88. The fourth-order valence-corrected chi connectivity index (χ4v) is 2.91. The Hall–Kier alpha value is -1.55. The van der Waals surface area contributed by atoms with Crippen molar-refractivity contribution in [3.63, 3.8) is 0 Å². The van der Waals surface area contributed by atoms with Crippen molar-refractivity contribution >= 4 is 5.91 Å². The van der Waals surface area contributed by atoms with Crippen molar-refractivity contribution in [2.45, 2.75) is 32.1 Å². The third-order valence-corrected chi connectivity index (χ3v) is 3.91. The largest absolute Gasteiger partial charge is 0.493 e. The molecule has 1 saturated carbocycles. The van der Waals surface area contributed by atoms with Crippen molar-refractivity contribution < 1.29 is 14.4 Å². The van der Waals surface area contributed by atoms with Gasteiger partial charge in [0.25, 0.3) is 0 Å². The van der Waals surface area contributed by atoms with Gasteiger partial charge in [0.05, 0.1) is 13.2 Å². The molecule has 4 nitrogen and oxygen atoms in total. The molecule has 1 fully saturated rings. The van der Waals surface area contributed by atoms with Gasteiger partial charge in [-0.15, -0.1) is 0 Å². The molecule has 0 bridgehead atoms. The molecule has 4 heteroatoms. The van der Waals surface area contributed by atoms with Gasteiger partial charge < -0.3 is 4.74 Å². The van der Waals surface area contributed by atoms with E-state index < -0.39 is 0 Å². The number of benzene rings is 1. The van der Waals surface area contributed by atoms with E-state index in [0.29, 0.717) is 18.4 Å². The summed E-state index contributed by atoms with van der Waals surface area (Å²) in [6.45, 7) is 2.86. The molecule has 1 aromatic rings. The second-order valence-corrected chi connectivity index (χ2v) is 5.32. The Morgan fingerprint density at radius 1 is 1.53 bits per heavy atom. The number of rotatable bonds is 5. The van der Waals surface area contributed by atoms with Gasteiger partial charge in [-0.05, 0) is 36.3 Å². The maximum Gasteiger partial charge on any atom is 0.240 e. The molecule has 0 radical (unpaired) electrons. The quantitative estimate of drug-likeness (QED) is 0.653. The standard InChI is InChI=1S/C15H19NO3/c1-10(17)16-19-8-5-11-9-14(11)12-3-2-4-15-13(12)6-7-18-15/h2-4,11,14H,5-9H2,1H3,(H,16,17). The summed E-state index contributed by atoms with van der Waals surface area (Å²) in [6.07, 6.45) is 3.26. The zero-order valence-electron chi connectivity index (χ0n) is 11.1. The Kier molecular flexibility index (Phi) is 3.42. The van der Waals surface area contributed by atoms with E-state index in [2.05, 4.69) is 23.7 Å². The van der Waals surface area contributed by atoms with Crippen LogP contribution in [-0.2, 0) is 16.1 Å². The second kappa shape index (κ2) is 5.21. The Morgan fingerprint density at radius 3 is 3.26 bits per heavy atom. The van der Waals surface area contributed by atoms with Gasteiger partial charge in [0.15, 0.2) is 0 Å². The van der Waals surface area contributed by atoms with E-state index in [-0.39, 0.29) is 5.91 Å². The van der Waals surface area contributed by atoms with Gasteiger partial charge >= 0.3 is 0 Å². The molecular formula is C15H19NO3. The zero-order chi connectivity index (χ0) is 13.2. The Bertz CT molecular complexity index is 486. The lowest BCUT2D eigenvalue weighted by Gasteiger charge is -2.07. The van der Waals surface area contributed by atoms with Crippen molar-refractivity contribution in [2.24, 2.45) is 5.92 Å². The maximum atomic E-state index is 10.7. The summed E-state index contributed by atoms with van der Waals surface area (Å²) < 4.78 is 5.60. The lowest BCUT2D eigenvalue weighted by Crippen LogP contribution is -2.20. The minimum absolute atomic E-state index is 0.148. The summed E-state index contributed by atoms with van der Waals surface area (Å²) in [7, 11) is 0. The minimum atomic E-state index is -0.148. The monoisotopic (exact) mass is 261 g/mol. The number of hydroxylamine groups is 1. The lowest BCUT2D eigenvalue weighted by atomic mass is 9.99. The first kappa shape index (κ1) is 12.5. The molecule has 1 N–H and O–H groups in total. The summed E-state index contributed by atoms with van der Waals surface area (Å²) in [6, 6.07) is 6.37. The average Bonchev–Trinajstić information content (AvgIpc) is 2.99. The summed E-state index contributed by atoms with van der Waals surface area (Å²) in [5.41, 5.74) is 5.22. The summed E-state index contributed by atoms with van der Waals surface area (Å²) >= 11 is 0. The molecule has 2 unspecified atom stereocenters. The molecule has 2 atom stereocenters. The van der Waals surface area contributed by atoms with Crippen molar-refractivity contribution in [3.8, 4) is 5.75 Å². The maximum absolute atomic E-state index is 10.7. The number of hydrogen-bond donors (Lipinski definition) is 1. The van der Waals surface area contributed by atoms with E-state index in [9.17, 15) is 4.79 Å². The highest BCUT2D eigenvalue weighted by atomic mass is 16.6. The Labute approximate surface area is 113 Å². The van der Waals surface area contributed by atoms with E-state index in [1.165, 1.54) is 24.5 Å². The molecule has 0 saturated heterocycles.